The second kappa shape index (κ2) is 5.77. The Morgan fingerprint density at radius 3 is 2.53 bits per heavy atom. The lowest BCUT2D eigenvalue weighted by Gasteiger charge is -2.05. The van der Waals surface area contributed by atoms with Gasteiger partial charge in [-0.1, -0.05) is 12.1 Å². The van der Waals surface area contributed by atoms with E-state index >= 15 is 0 Å². The summed E-state index contributed by atoms with van der Waals surface area (Å²) in [6.45, 7) is 0.551. The van der Waals surface area contributed by atoms with Crippen molar-refractivity contribution in [3.8, 4) is 5.75 Å². The minimum Gasteiger partial charge on any atom is -0.492 e. The molecule has 0 saturated carbocycles. The molecule has 0 N–H and O–H groups in total. The highest BCUT2D eigenvalue weighted by Gasteiger charge is 1.97. The highest BCUT2D eigenvalue weighted by atomic mass is 79.9. The highest BCUT2D eigenvalue weighted by Crippen LogP contribution is 2.13. The number of hydrogen-bond donors (Lipinski definition) is 0. The molecule has 2 aromatic rings. The molecule has 0 amide bonds. The molecule has 0 spiro atoms. The molecule has 0 aliphatic rings. The fourth-order valence-corrected chi connectivity index (χ4v) is 1.62. The van der Waals surface area contributed by atoms with Gasteiger partial charge in [-0.15, -0.1) is 0 Å². The van der Waals surface area contributed by atoms with Gasteiger partial charge in [0, 0.05) is 6.42 Å². The highest BCUT2D eigenvalue weighted by molar-refractivity contribution is 9.10. The van der Waals surface area contributed by atoms with E-state index in [0.29, 0.717) is 6.61 Å². The van der Waals surface area contributed by atoms with Crippen LogP contribution in [0.2, 0.25) is 0 Å². The Morgan fingerprint density at radius 1 is 1.12 bits per heavy atom. The molecule has 1 aromatic heterocycles. The zero-order valence-electron chi connectivity index (χ0n) is 9.07. The lowest BCUT2D eigenvalue weighted by Crippen LogP contribution is -2.01. The topological polar surface area (TPSA) is 22.1 Å². The first kappa shape index (κ1) is 12.0. The van der Waals surface area contributed by atoms with E-state index in [1.54, 1.807) is 18.3 Å². The molecule has 17 heavy (non-hydrogen) atoms. The zero-order valence-corrected chi connectivity index (χ0v) is 10.7. The van der Waals surface area contributed by atoms with E-state index in [0.717, 1.165) is 22.3 Å². The van der Waals surface area contributed by atoms with Gasteiger partial charge >= 0.3 is 0 Å². The number of aromatic nitrogens is 1. The number of halogens is 2. The van der Waals surface area contributed by atoms with Crippen molar-refractivity contribution in [1.29, 1.82) is 0 Å². The first-order chi connectivity index (χ1) is 8.24. The Kier molecular flexibility index (Phi) is 4.09. The smallest absolute Gasteiger partial charge is 0.137 e. The average Bonchev–Trinajstić information content (AvgIpc) is 2.34. The van der Waals surface area contributed by atoms with Gasteiger partial charge < -0.3 is 4.74 Å². The van der Waals surface area contributed by atoms with E-state index in [4.69, 9.17) is 4.74 Å². The Morgan fingerprint density at radius 2 is 1.88 bits per heavy atom. The average molecular weight is 296 g/mol. The van der Waals surface area contributed by atoms with Crippen molar-refractivity contribution < 1.29 is 9.13 Å². The molecule has 0 fully saturated rings. The summed E-state index contributed by atoms with van der Waals surface area (Å²) >= 11 is 3.25. The van der Waals surface area contributed by atoms with Crippen LogP contribution in [-0.2, 0) is 6.42 Å². The summed E-state index contributed by atoms with van der Waals surface area (Å²) in [6, 6.07) is 10.1. The van der Waals surface area contributed by atoms with Crippen molar-refractivity contribution in [3.63, 3.8) is 0 Å². The lowest BCUT2D eigenvalue weighted by molar-refractivity contribution is 0.320. The molecule has 0 saturated heterocycles. The zero-order chi connectivity index (χ0) is 12.1. The van der Waals surface area contributed by atoms with E-state index in [1.165, 1.54) is 12.1 Å². The van der Waals surface area contributed by atoms with Crippen molar-refractivity contribution in [1.82, 2.24) is 4.98 Å². The van der Waals surface area contributed by atoms with Crippen molar-refractivity contribution in [2.24, 2.45) is 0 Å². The third-order valence-corrected chi connectivity index (χ3v) is 2.74. The third-order valence-electron chi connectivity index (χ3n) is 2.27. The van der Waals surface area contributed by atoms with Crippen LogP contribution >= 0.6 is 15.9 Å². The number of rotatable bonds is 4. The summed E-state index contributed by atoms with van der Waals surface area (Å²) in [5, 5.41) is 0. The van der Waals surface area contributed by atoms with Gasteiger partial charge in [0.25, 0.3) is 0 Å². The summed E-state index contributed by atoms with van der Waals surface area (Å²) < 4.78 is 19.0. The fourth-order valence-electron chi connectivity index (χ4n) is 1.39. The van der Waals surface area contributed by atoms with Crippen LogP contribution in [0.1, 0.15) is 5.56 Å². The molecule has 0 radical (unpaired) electrons. The van der Waals surface area contributed by atoms with Crippen molar-refractivity contribution >= 4 is 15.9 Å². The number of ether oxygens (including phenoxy) is 1. The number of benzene rings is 1. The molecule has 2 rings (SSSR count). The number of nitrogens with zero attached hydrogens (tertiary/aromatic N) is 1. The summed E-state index contributed by atoms with van der Waals surface area (Å²) in [7, 11) is 0. The second-order valence-electron chi connectivity index (χ2n) is 3.54. The molecule has 0 aliphatic heterocycles. The Hall–Kier alpha value is -1.42. The maximum Gasteiger partial charge on any atom is 0.137 e. The molecule has 88 valence electrons. The van der Waals surface area contributed by atoms with Gasteiger partial charge in [-0.05, 0) is 45.8 Å². The molecule has 0 aliphatic carbocycles. The Labute approximate surface area is 108 Å². The largest absolute Gasteiger partial charge is 0.492 e. The summed E-state index contributed by atoms with van der Waals surface area (Å²) in [6.07, 6.45) is 2.41. The SMILES string of the molecule is Fc1ccc(CCOc2ccc(Br)nc2)cc1. The molecule has 1 aromatic carbocycles. The van der Waals surface area contributed by atoms with Crippen LogP contribution in [0, 0.1) is 5.82 Å². The molecule has 0 unspecified atom stereocenters. The van der Waals surface area contributed by atoms with Gasteiger partial charge in [-0.3, -0.25) is 0 Å². The van der Waals surface area contributed by atoms with E-state index in [9.17, 15) is 4.39 Å². The van der Waals surface area contributed by atoms with Gasteiger partial charge in [0.15, 0.2) is 0 Å². The maximum atomic E-state index is 12.7. The Bertz CT molecular complexity index is 424. The fraction of sp³-hybridized carbons (Fsp3) is 0.154. The minimum absolute atomic E-state index is 0.216. The quantitative estimate of drug-likeness (QED) is 0.804. The Balaban J connectivity index is 1.83. The van der Waals surface area contributed by atoms with Crippen LogP contribution in [0.3, 0.4) is 0 Å². The minimum atomic E-state index is -0.216. The summed E-state index contributed by atoms with van der Waals surface area (Å²) in [4.78, 5) is 4.06. The maximum absolute atomic E-state index is 12.7. The molecule has 2 nitrogen and oxygen atoms in total. The van der Waals surface area contributed by atoms with Crippen molar-refractivity contribution in [2.75, 3.05) is 6.61 Å². The molecular weight excluding hydrogens is 285 g/mol. The molecular formula is C13H11BrFNO. The van der Waals surface area contributed by atoms with Crippen LogP contribution in [0.4, 0.5) is 4.39 Å². The lowest BCUT2D eigenvalue weighted by atomic mass is 10.2. The molecule has 1 heterocycles. The van der Waals surface area contributed by atoms with Crippen LogP contribution < -0.4 is 4.74 Å². The van der Waals surface area contributed by atoms with Gasteiger partial charge in [0.05, 0.1) is 12.8 Å². The van der Waals surface area contributed by atoms with E-state index in [2.05, 4.69) is 20.9 Å². The number of pyridine rings is 1. The molecule has 0 atom stereocenters. The van der Waals surface area contributed by atoms with Crippen LogP contribution in [0.15, 0.2) is 47.2 Å². The third kappa shape index (κ3) is 3.82. The van der Waals surface area contributed by atoms with E-state index in [1.807, 2.05) is 12.1 Å². The molecule has 0 bridgehead atoms. The first-order valence-corrected chi connectivity index (χ1v) is 6.02. The van der Waals surface area contributed by atoms with Gasteiger partial charge in [0.2, 0.25) is 0 Å². The monoisotopic (exact) mass is 295 g/mol. The van der Waals surface area contributed by atoms with Crippen molar-refractivity contribution in [2.45, 2.75) is 6.42 Å². The van der Waals surface area contributed by atoms with E-state index in [-0.39, 0.29) is 5.82 Å². The van der Waals surface area contributed by atoms with E-state index < -0.39 is 0 Å². The summed E-state index contributed by atoms with van der Waals surface area (Å²) in [5.41, 5.74) is 1.05. The standard InChI is InChI=1S/C13H11BrFNO/c14-13-6-5-12(9-16-13)17-8-7-10-1-3-11(15)4-2-10/h1-6,9H,7-8H2. The number of hydrogen-bond acceptors (Lipinski definition) is 2. The second-order valence-corrected chi connectivity index (χ2v) is 4.35. The van der Waals surface area contributed by atoms with Crippen LogP contribution in [0.25, 0.3) is 0 Å². The van der Waals surface area contributed by atoms with Crippen molar-refractivity contribution in [3.05, 3.63) is 58.6 Å². The molecule has 4 heteroatoms. The predicted molar refractivity (Wildman–Crippen MR) is 67.5 cm³/mol. The van der Waals surface area contributed by atoms with Gasteiger partial charge in [-0.2, -0.15) is 0 Å². The normalized spacial score (nSPS) is 10.2. The summed E-state index contributed by atoms with van der Waals surface area (Å²) in [5.74, 6) is 0.516. The van der Waals surface area contributed by atoms with Crippen LogP contribution in [-0.4, -0.2) is 11.6 Å². The first-order valence-electron chi connectivity index (χ1n) is 5.23. The predicted octanol–water partition coefficient (Wildman–Crippen LogP) is 3.60. The van der Waals surface area contributed by atoms with Crippen LogP contribution in [0.5, 0.6) is 5.75 Å². The van der Waals surface area contributed by atoms with Gasteiger partial charge in [0.1, 0.15) is 16.2 Å². The van der Waals surface area contributed by atoms with Gasteiger partial charge in [-0.25, -0.2) is 9.37 Å².